The topological polar surface area (TPSA) is 36.4 Å². The number of thiophene rings is 1. The van der Waals surface area contributed by atoms with E-state index in [9.17, 15) is 4.79 Å². The van der Waals surface area contributed by atoms with Crippen LogP contribution in [0.1, 0.15) is 16.1 Å². The van der Waals surface area contributed by atoms with Gasteiger partial charge in [0, 0.05) is 38.1 Å². The van der Waals surface area contributed by atoms with Crippen LogP contribution in [-0.2, 0) is 6.54 Å². The minimum Gasteiger partial charge on any atom is -0.337 e. The van der Waals surface area contributed by atoms with E-state index < -0.39 is 0 Å². The van der Waals surface area contributed by atoms with E-state index in [0.717, 1.165) is 32.7 Å². The van der Waals surface area contributed by atoms with Gasteiger partial charge in [-0.25, -0.2) is 4.98 Å². The van der Waals surface area contributed by atoms with Gasteiger partial charge >= 0.3 is 0 Å². The molecule has 21 heavy (non-hydrogen) atoms. The lowest BCUT2D eigenvalue weighted by Gasteiger charge is -2.20. The number of aromatic nitrogens is 1. The van der Waals surface area contributed by atoms with E-state index in [0.29, 0.717) is 17.5 Å². The van der Waals surface area contributed by atoms with E-state index in [2.05, 4.69) is 26.7 Å². The van der Waals surface area contributed by atoms with Crippen molar-refractivity contribution >= 4 is 28.6 Å². The van der Waals surface area contributed by atoms with Crippen LogP contribution in [0.3, 0.4) is 0 Å². The fourth-order valence-corrected chi connectivity index (χ4v) is 4.69. The molecule has 0 aliphatic carbocycles. The Balaban J connectivity index is 1.36. The Morgan fingerprint density at radius 1 is 1.19 bits per heavy atom. The second kappa shape index (κ2) is 5.51. The smallest absolute Gasteiger partial charge is 0.273 e. The molecule has 110 valence electrons. The molecule has 2 aromatic rings. The average Bonchev–Trinajstić information content (AvgIpc) is 3.23. The third-order valence-corrected chi connectivity index (χ3v) is 5.81. The van der Waals surface area contributed by atoms with E-state index in [1.54, 1.807) is 16.8 Å². The Labute approximate surface area is 132 Å². The van der Waals surface area contributed by atoms with Crippen LogP contribution in [0.2, 0.25) is 0 Å². The zero-order valence-electron chi connectivity index (χ0n) is 11.6. The van der Waals surface area contributed by atoms with Crippen molar-refractivity contribution in [1.82, 2.24) is 14.8 Å². The summed E-state index contributed by atoms with van der Waals surface area (Å²) >= 11 is 3.25. The molecule has 4 nitrogen and oxygen atoms in total. The maximum atomic E-state index is 12.3. The van der Waals surface area contributed by atoms with Crippen molar-refractivity contribution in [3.05, 3.63) is 39.0 Å². The summed E-state index contributed by atoms with van der Waals surface area (Å²) in [7, 11) is 0. The molecular weight excluding hydrogens is 302 g/mol. The number of thiazole rings is 1. The third-order valence-electron chi connectivity index (χ3n) is 4.49. The van der Waals surface area contributed by atoms with Crippen LogP contribution in [0.4, 0.5) is 0 Å². The molecule has 0 aromatic carbocycles. The first kappa shape index (κ1) is 13.4. The molecule has 0 bridgehead atoms. The van der Waals surface area contributed by atoms with Gasteiger partial charge in [0.05, 0.1) is 5.51 Å². The predicted molar refractivity (Wildman–Crippen MR) is 84.6 cm³/mol. The van der Waals surface area contributed by atoms with Crippen molar-refractivity contribution in [3.63, 3.8) is 0 Å². The number of hydrogen-bond donors (Lipinski definition) is 0. The highest BCUT2D eigenvalue weighted by atomic mass is 32.1. The maximum Gasteiger partial charge on any atom is 0.273 e. The maximum absolute atomic E-state index is 12.3. The Morgan fingerprint density at radius 3 is 2.62 bits per heavy atom. The second-order valence-electron chi connectivity index (χ2n) is 5.93. The second-order valence-corrected chi connectivity index (χ2v) is 7.43. The zero-order valence-corrected chi connectivity index (χ0v) is 13.3. The Bertz CT molecular complexity index is 597. The van der Waals surface area contributed by atoms with Crippen LogP contribution in [0.15, 0.2) is 27.7 Å². The molecule has 0 radical (unpaired) electrons. The molecule has 2 aliphatic heterocycles. The summed E-state index contributed by atoms with van der Waals surface area (Å²) in [5.74, 6) is 1.37. The van der Waals surface area contributed by atoms with E-state index in [1.807, 2.05) is 10.3 Å². The van der Waals surface area contributed by atoms with E-state index in [4.69, 9.17) is 0 Å². The van der Waals surface area contributed by atoms with Gasteiger partial charge in [-0.3, -0.25) is 9.69 Å². The number of carbonyl (C=O) groups is 1. The van der Waals surface area contributed by atoms with Gasteiger partial charge in [0.2, 0.25) is 0 Å². The normalized spacial score (nSPS) is 25.4. The lowest BCUT2D eigenvalue weighted by molar-refractivity contribution is 0.0768. The van der Waals surface area contributed by atoms with Crippen LogP contribution < -0.4 is 0 Å². The van der Waals surface area contributed by atoms with Crippen molar-refractivity contribution < 1.29 is 4.79 Å². The molecule has 0 unspecified atom stereocenters. The van der Waals surface area contributed by atoms with E-state index >= 15 is 0 Å². The fourth-order valence-electron chi connectivity index (χ4n) is 3.51. The molecule has 4 heterocycles. The van der Waals surface area contributed by atoms with Crippen molar-refractivity contribution in [2.45, 2.75) is 6.54 Å². The lowest BCUT2D eigenvalue weighted by atomic mass is 10.0. The van der Waals surface area contributed by atoms with Gasteiger partial charge in [-0.15, -0.1) is 11.3 Å². The molecule has 2 aliphatic rings. The summed E-state index contributed by atoms with van der Waals surface area (Å²) in [5.41, 5.74) is 3.75. The van der Waals surface area contributed by atoms with Crippen molar-refractivity contribution in [1.29, 1.82) is 0 Å². The van der Waals surface area contributed by atoms with E-state index in [1.165, 1.54) is 16.9 Å². The van der Waals surface area contributed by atoms with Gasteiger partial charge in [-0.2, -0.15) is 11.3 Å². The van der Waals surface area contributed by atoms with Crippen molar-refractivity contribution in [2.24, 2.45) is 11.8 Å². The molecule has 2 saturated heterocycles. The summed E-state index contributed by atoms with van der Waals surface area (Å²) in [6.45, 7) is 5.06. The van der Waals surface area contributed by atoms with Gasteiger partial charge in [-0.05, 0) is 34.2 Å². The van der Waals surface area contributed by atoms with Crippen LogP contribution in [0.25, 0.3) is 0 Å². The third kappa shape index (κ3) is 2.63. The van der Waals surface area contributed by atoms with Crippen LogP contribution in [0, 0.1) is 11.8 Å². The molecule has 1 amide bonds. The first-order chi connectivity index (χ1) is 10.3. The highest BCUT2D eigenvalue weighted by molar-refractivity contribution is 7.08. The molecule has 0 saturated carbocycles. The van der Waals surface area contributed by atoms with Gasteiger partial charge in [0.15, 0.2) is 0 Å². The molecule has 0 N–H and O–H groups in total. The lowest BCUT2D eigenvalue weighted by Crippen LogP contribution is -2.33. The molecule has 6 heteroatoms. The van der Waals surface area contributed by atoms with Crippen LogP contribution in [-0.4, -0.2) is 46.9 Å². The van der Waals surface area contributed by atoms with Crippen molar-refractivity contribution in [2.75, 3.05) is 26.2 Å². The number of hydrogen-bond acceptors (Lipinski definition) is 5. The highest BCUT2D eigenvalue weighted by Crippen LogP contribution is 2.32. The molecule has 4 rings (SSSR count). The Kier molecular flexibility index (Phi) is 3.52. The SMILES string of the molecule is O=C(c1cscn1)N1C[C@H]2CN(Cc3ccsc3)C[C@H]2C1. The molecular formula is C15H17N3OS2. The highest BCUT2D eigenvalue weighted by Gasteiger charge is 2.41. The first-order valence-electron chi connectivity index (χ1n) is 7.20. The molecule has 2 aromatic heterocycles. The standard InChI is InChI=1S/C15H17N3OS2/c19-15(14-9-21-10-16-14)18-6-12-4-17(5-13(12)7-18)3-11-1-2-20-8-11/h1-2,8-10,12-13H,3-7H2/t12-,13+. The van der Waals surface area contributed by atoms with Gasteiger partial charge in [-0.1, -0.05) is 0 Å². The summed E-state index contributed by atoms with van der Waals surface area (Å²) in [5, 5.41) is 6.21. The number of amides is 1. The average molecular weight is 319 g/mol. The monoisotopic (exact) mass is 319 g/mol. The zero-order chi connectivity index (χ0) is 14.2. The van der Waals surface area contributed by atoms with E-state index in [-0.39, 0.29) is 5.91 Å². The number of fused-ring (bicyclic) bond motifs is 1. The number of nitrogens with zero attached hydrogens (tertiary/aromatic N) is 3. The summed E-state index contributed by atoms with van der Waals surface area (Å²) in [4.78, 5) is 21.0. The van der Waals surface area contributed by atoms with Crippen molar-refractivity contribution in [3.8, 4) is 0 Å². The Hall–Kier alpha value is -1.24. The predicted octanol–water partition coefficient (Wildman–Crippen LogP) is 2.41. The number of likely N-dealkylation sites (tertiary alicyclic amines) is 2. The van der Waals surface area contributed by atoms with Crippen LogP contribution >= 0.6 is 22.7 Å². The number of rotatable bonds is 3. The van der Waals surface area contributed by atoms with Gasteiger partial charge in [0.1, 0.15) is 5.69 Å². The largest absolute Gasteiger partial charge is 0.337 e. The molecule has 0 spiro atoms. The molecule has 2 atom stereocenters. The quantitative estimate of drug-likeness (QED) is 0.872. The number of carbonyl (C=O) groups excluding carboxylic acids is 1. The summed E-state index contributed by atoms with van der Waals surface area (Å²) in [6.07, 6.45) is 0. The Morgan fingerprint density at radius 2 is 2.00 bits per heavy atom. The molecule has 2 fully saturated rings. The van der Waals surface area contributed by atoms with Gasteiger partial charge < -0.3 is 4.90 Å². The van der Waals surface area contributed by atoms with Crippen LogP contribution in [0.5, 0.6) is 0 Å². The van der Waals surface area contributed by atoms with Gasteiger partial charge in [0.25, 0.3) is 5.91 Å². The fraction of sp³-hybridized carbons (Fsp3) is 0.467. The minimum atomic E-state index is 0.107. The minimum absolute atomic E-state index is 0.107. The summed E-state index contributed by atoms with van der Waals surface area (Å²) < 4.78 is 0. The first-order valence-corrected chi connectivity index (χ1v) is 9.09. The summed E-state index contributed by atoms with van der Waals surface area (Å²) in [6, 6.07) is 2.21.